The molecule has 5 heteroatoms. The highest BCUT2D eigenvalue weighted by Crippen LogP contribution is 2.02. The van der Waals surface area contributed by atoms with Gasteiger partial charge >= 0.3 is 0 Å². The van der Waals surface area contributed by atoms with Crippen molar-refractivity contribution in [1.29, 1.82) is 0 Å². The Balaban J connectivity index is 0.000001000. The third kappa shape index (κ3) is 2.07. The third-order valence-electron chi connectivity index (χ3n) is 1.45. The van der Waals surface area contributed by atoms with Gasteiger partial charge in [-0.15, -0.1) is 34.2 Å². The largest absolute Gasteiger partial charge is 0.314 e. The summed E-state index contributed by atoms with van der Waals surface area (Å²) in [5, 5.41) is 7.77. The molecule has 0 fully saturated rings. The molecule has 0 radical (unpaired) electrons. The Morgan fingerprint density at radius 3 is 2.45 bits per heavy atom. The molecule has 0 atom stereocenters. The first-order valence-electron chi connectivity index (χ1n) is 3.24. The van der Waals surface area contributed by atoms with Crippen molar-refractivity contribution in [2.24, 2.45) is 0 Å². The van der Waals surface area contributed by atoms with Crippen LogP contribution in [-0.2, 0) is 12.4 Å². The highest BCUT2D eigenvalue weighted by Gasteiger charge is 2.03. The second-order valence-electron chi connectivity index (χ2n) is 2.04. The quantitative estimate of drug-likeness (QED) is 0.675. The number of halogens is 2. The molecule has 1 heterocycles. The van der Waals surface area contributed by atoms with Crippen molar-refractivity contribution in [2.45, 2.75) is 26.3 Å². The number of hydrogen-bond acceptors (Lipinski definition) is 2. The van der Waals surface area contributed by atoms with E-state index in [-0.39, 0.29) is 12.4 Å². The van der Waals surface area contributed by atoms with E-state index in [1.807, 2.05) is 18.4 Å². The van der Waals surface area contributed by atoms with Gasteiger partial charge < -0.3 is 4.57 Å². The van der Waals surface area contributed by atoms with Gasteiger partial charge in [-0.2, -0.15) is 0 Å². The molecule has 11 heavy (non-hydrogen) atoms. The molecule has 64 valence electrons. The van der Waals surface area contributed by atoms with Crippen molar-refractivity contribution in [1.82, 2.24) is 14.8 Å². The SMILES string of the molecule is CCn1c(C)nnc1CCl.Cl. The van der Waals surface area contributed by atoms with Crippen LogP contribution in [0.25, 0.3) is 0 Å². The summed E-state index contributed by atoms with van der Waals surface area (Å²) in [6, 6.07) is 0. The molecule has 0 saturated carbocycles. The normalized spacial score (nSPS) is 9.36. The van der Waals surface area contributed by atoms with E-state index in [4.69, 9.17) is 11.6 Å². The Morgan fingerprint density at radius 2 is 2.09 bits per heavy atom. The molecule has 1 aromatic rings. The van der Waals surface area contributed by atoms with Crippen LogP contribution in [0.15, 0.2) is 0 Å². The lowest BCUT2D eigenvalue weighted by molar-refractivity contribution is 0.700. The minimum absolute atomic E-state index is 0. The molecule has 0 aromatic carbocycles. The van der Waals surface area contributed by atoms with Crippen molar-refractivity contribution in [3.05, 3.63) is 11.6 Å². The lowest BCUT2D eigenvalue weighted by Gasteiger charge is -2.00. The van der Waals surface area contributed by atoms with Gasteiger partial charge in [-0.1, -0.05) is 0 Å². The number of hydrogen-bond donors (Lipinski definition) is 0. The Bertz CT molecular complexity index is 222. The van der Waals surface area contributed by atoms with Crippen molar-refractivity contribution >= 4 is 24.0 Å². The van der Waals surface area contributed by atoms with E-state index in [1.54, 1.807) is 0 Å². The molecule has 0 saturated heterocycles. The van der Waals surface area contributed by atoms with Gasteiger partial charge in [-0.05, 0) is 13.8 Å². The van der Waals surface area contributed by atoms with Crippen LogP contribution in [-0.4, -0.2) is 14.8 Å². The van der Waals surface area contributed by atoms with Gasteiger partial charge in [-0.25, -0.2) is 0 Å². The standard InChI is InChI=1S/C6H10ClN3.ClH/c1-3-10-5(2)8-9-6(10)4-7;/h3-4H2,1-2H3;1H. The maximum absolute atomic E-state index is 5.60. The lowest BCUT2D eigenvalue weighted by atomic mass is 10.5. The van der Waals surface area contributed by atoms with Crippen LogP contribution in [0.1, 0.15) is 18.6 Å². The fourth-order valence-electron chi connectivity index (χ4n) is 0.935. The van der Waals surface area contributed by atoms with Crippen LogP contribution < -0.4 is 0 Å². The van der Waals surface area contributed by atoms with Gasteiger partial charge in [0.2, 0.25) is 0 Å². The van der Waals surface area contributed by atoms with E-state index in [0.29, 0.717) is 5.88 Å². The molecular weight excluding hydrogens is 185 g/mol. The Morgan fingerprint density at radius 1 is 1.45 bits per heavy atom. The van der Waals surface area contributed by atoms with E-state index in [0.717, 1.165) is 18.2 Å². The van der Waals surface area contributed by atoms with E-state index >= 15 is 0 Å². The summed E-state index contributed by atoms with van der Waals surface area (Å²) in [5.41, 5.74) is 0. The number of rotatable bonds is 2. The predicted octanol–water partition coefficient (Wildman–Crippen LogP) is 1.77. The summed E-state index contributed by atoms with van der Waals surface area (Å²) in [6.45, 7) is 4.86. The summed E-state index contributed by atoms with van der Waals surface area (Å²) in [7, 11) is 0. The number of nitrogens with zero attached hydrogens (tertiary/aromatic N) is 3. The number of aryl methyl sites for hydroxylation is 1. The van der Waals surface area contributed by atoms with Crippen LogP contribution in [0.4, 0.5) is 0 Å². The van der Waals surface area contributed by atoms with E-state index < -0.39 is 0 Å². The third-order valence-corrected chi connectivity index (χ3v) is 1.69. The van der Waals surface area contributed by atoms with E-state index in [1.165, 1.54) is 0 Å². The average molecular weight is 196 g/mol. The maximum atomic E-state index is 5.60. The van der Waals surface area contributed by atoms with E-state index in [2.05, 4.69) is 10.2 Å². The van der Waals surface area contributed by atoms with Crippen LogP contribution in [0, 0.1) is 6.92 Å². The van der Waals surface area contributed by atoms with Crippen LogP contribution >= 0.6 is 24.0 Å². The monoisotopic (exact) mass is 195 g/mol. The summed E-state index contributed by atoms with van der Waals surface area (Å²) < 4.78 is 1.99. The second-order valence-corrected chi connectivity index (χ2v) is 2.31. The fourth-order valence-corrected chi connectivity index (χ4v) is 1.13. The molecule has 0 bridgehead atoms. The second kappa shape index (κ2) is 4.57. The van der Waals surface area contributed by atoms with Crippen molar-refractivity contribution in [3.63, 3.8) is 0 Å². The van der Waals surface area contributed by atoms with Crippen molar-refractivity contribution in [3.8, 4) is 0 Å². The topological polar surface area (TPSA) is 30.7 Å². The molecule has 0 amide bonds. The first-order valence-corrected chi connectivity index (χ1v) is 3.77. The summed E-state index contributed by atoms with van der Waals surface area (Å²) >= 11 is 5.60. The maximum Gasteiger partial charge on any atom is 0.147 e. The molecule has 0 spiro atoms. The first kappa shape index (κ1) is 10.7. The van der Waals surface area contributed by atoms with Gasteiger partial charge in [0.1, 0.15) is 11.6 Å². The Kier molecular flexibility index (Phi) is 4.45. The molecule has 1 aromatic heterocycles. The lowest BCUT2D eigenvalue weighted by Crippen LogP contribution is -2.01. The van der Waals surface area contributed by atoms with Crippen LogP contribution in [0.2, 0.25) is 0 Å². The van der Waals surface area contributed by atoms with Gasteiger partial charge in [0, 0.05) is 6.54 Å². The van der Waals surface area contributed by atoms with Crippen molar-refractivity contribution < 1.29 is 0 Å². The molecule has 0 aliphatic carbocycles. The Hall–Kier alpha value is -0.280. The molecule has 0 aliphatic rings. The molecule has 3 nitrogen and oxygen atoms in total. The zero-order valence-corrected chi connectivity index (χ0v) is 8.11. The smallest absolute Gasteiger partial charge is 0.147 e. The van der Waals surface area contributed by atoms with Crippen LogP contribution in [0.5, 0.6) is 0 Å². The molecule has 0 N–H and O–H groups in total. The van der Waals surface area contributed by atoms with Gasteiger partial charge in [-0.3, -0.25) is 0 Å². The molecule has 0 aliphatic heterocycles. The van der Waals surface area contributed by atoms with Gasteiger partial charge in [0.15, 0.2) is 0 Å². The Labute approximate surface area is 77.2 Å². The minimum atomic E-state index is 0. The van der Waals surface area contributed by atoms with Gasteiger partial charge in [0.05, 0.1) is 5.88 Å². The highest BCUT2D eigenvalue weighted by molar-refractivity contribution is 6.16. The van der Waals surface area contributed by atoms with Crippen LogP contribution in [0.3, 0.4) is 0 Å². The zero-order valence-electron chi connectivity index (χ0n) is 6.54. The van der Waals surface area contributed by atoms with Crippen molar-refractivity contribution in [2.75, 3.05) is 0 Å². The highest BCUT2D eigenvalue weighted by atomic mass is 35.5. The summed E-state index contributed by atoms with van der Waals surface area (Å²) in [6.07, 6.45) is 0. The zero-order chi connectivity index (χ0) is 7.56. The predicted molar refractivity (Wildman–Crippen MR) is 47.2 cm³/mol. The average Bonchev–Trinajstić information content (AvgIpc) is 2.30. The first-order chi connectivity index (χ1) is 4.79. The molecular formula is C6H11Cl2N3. The molecule has 1 rings (SSSR count). The minimum Gasteiger partial charge on any atom is -0.314 e. The number of aromatic nitrogens is 3. The fraction of sp³-hybridized carbons (Fsp3) is 0.667. The molecule has 0 unspecified atom stereocenters. The van der Waals surface area contributed by atoms with Gasteiger partial charge in [0.25, 0.3) is 0 Å². The number of alkyl halides is 1. The summed E-state index contributed by atoms with van der Waals surface area (Å²) in [4.78, 5) is 0. The van der Waals surface area contributed by atoms with E-state index in [9.17, 15) is 0 Å². The summed E-state index contributed by atoms with van der Waals surface area (Å²) in [5.74, 6) is 2.22.